The van der Waals surface area contributed by atoms with Crippen LogP contribution in [0.2, 0.25) is 0 Å². The highest BCUT2D eigenvalue weighted by molar-refractivity contribution is 7.89. The van der Waals surface area contributed by atoms with Crippen molar-refractivity contribution in [3.05, 3.63) is 88.6 Å². The zero-order valence-corrected chi connectivity index (χ0v) is 27.1. The number of hydrogen-bond donors (Lipinski definition) is 1. The number of aryl methyl sites for hydroxylation is 1. The quantitative estimate of drug-likeness (QED) is 0.211. The van der Waals surface area contributed by atoms with Crippen LogP contribution in [0.5, 0.6) is 17.2 Å². The van der Waals surface area contributed by atoms with Gasteiger partial charge in [-0.25, -0.2) is 8.42 Å². The third-order valence-electron chi connectivity index (χ3n) is 8.27. The van der Waals surface area contributed by atoms with Crippen molar-refractivity contribution in [1.29, 1.82) is 0 Å². The van der Waals surface area contributed by atoms with E-state index in [4.69, 9.17) is 14.2 Å². The van der Waals surface area contributed by atoms with Crippen molar-refractivity contribution in [2.75, 3.05) is 12.0 Å². The zero-order valence-electron chi connectivity index (χ0n) is 26.3. The first-order valence-electron chi connectivity index (χ1n) is 15.4. The number of ether oxygens (including phenoxy) is 3. The highest BCUT2D eigenvalue weighted by atomic mass is 32.2. The van der Waals surface area contributed by atoms with Crippen LogP contribution in [0.1, 0.15) is 65.7 Å². The molecule has 10 nitrogen and oxygen atoms in total. The molecule has 0 spiro atoms. The third-order valence-corrected chi connectivity index (χ3v) is 9.52. The second kappa shape index (κ2) is 12.6. The Bertz CT molecular complexity index is 1940. The predicted octanol–water partition coefficient (Wildman–Crippen LogP) is 5.62. The molecular formula is C35H37N3O7S. The molecule has 1 aliphatic heterocycles. The minimum atomic E-state index is -3.99. The number of para-hydroxylation sites is 1. The van der Waals surface area contributed by atoms with Gasteiger partial charge in [0.25, 0.3) is 5.91 Å². The summed E-state index contributed by atoms with van der Waals surface area (Å²) < 4.78 is 46.1. The molecule has 1 fully saturated rings. The number of benzene rings is 3. The van der Waals surface area contributed by atoms with Gasteiger partial charge in [-0.3, -0.25) is 19.3 Å². The van der Waals surface area contributed by atoms with Crippen LogP contribution in [0.15, 0.2) is 60.8 Å². The molecule has 1 atom stereocenters. The highest BCUT2D eigenvalue weighted by Gasteiger charge is 2.39. The maximum absolute atomic E-state index is 14.2. The first kappa shape index (κ1) is 31.3. The second-order valence-corrected chi connectivity index (χ2v) is 13.6. The van der Waals surface area contributed by atoms with Gasteiger partial charge in [-0.2, -0.15) is 0 Å². The molecule has 0 bridgehead atoms. The summed E-state index contributed by atoms with van der Waals surface area (Å²) in [5, 5.41) is 0.742. The molecule has 6 rings (SSSR count). The Morgan fingerprint density at radius 1 is 1.11 bits per heavy atom. The average Bonchev–Trinajstić information content (AvgIpc) is 3.79. The normalized spacial score (nSPS) is 15.0. The number of aromatic nitrogens is 1. The van der Waals surface area contributed by atoms with Crippen molar-refractivity contribution in [2.45, 2.75) is 71.0 Å². The van der Waals surface area contributed by atoms with E-state index >= 15 is 0 Å². The summed E-state index contributed by atoms with van der Waals surface area (Å²) >= 11 is 0. The minimum Gasteiger partial charge on any atom is -0.496 e. The van der Waals surface area contributed by atoms with E-state index in [0.29, 0.717) is 50.7 Å². The van der Waals surface area contributed by atoms with E-state index in [-0.39, 0.29) is 31.1 Å². The van der Waals surface area contributed by atoms with Crippen molar-refractivity contribution in [3.8, 4) is 17.2 Å². The number of nitrogens with zero attached hydrogens (tertiary/aromatic N) is 2. The zero-order chi connectivity index (χ0) is 32.6. The summed E-state index contributed by atoms with van der Waals surface area (Å²) in [4.78, 5) is 33.1. The van der Waals surface area contributed by atoms with Crippen LogP contribution in [0, 0.1) is 6.92 Å². The molecule has 1 saturated carbocycles. The molecule has 2 heterocycles. The fourth-order valence-corrected chi connectivity index (χ4v) is 6.83. The van der Waals surface area contributed by atoms with Crippen molar-refractivity contribution in [1.82, 2.24) is 9.71 Å². The lowest BCUT2D eigenvalue weighted by Crippen LogP contribution is -2.33. The van der Waals surface area contributed by atoms with E-state index in [2.05, 4.69) is 9.71 Å². The molecule has 240 valence electrons. The summed E-state index contributed by atoms with van der Waals surface area (Å²) in [7, 11) is -2.50. The molecule has 1 N–H and O–H groups in total. The van der Waals surface area contributed by atoms with Gasteiger partial charge in [-0.15, -0.1) is 0 Å². The first-order valence-corrected chi connectivity index (χ1v) is 17.1. The van der Waals surface area contributed by atoms with Crippen LogP contribution in [0.4, 0.5) is 5.69 Å². The van der Waals surface area contributed by atoms with Crippen molar-refractivity contribution in [2.24, 2.45) is 0 Å². The fourth-order valence-electron chi connectivity index (χ4n) is 5.72. The standard InChI is InChI=1S/C35H37N3O7S/c1-5-22(3)44-34-27-19-38(35(40)31(27)33(45-25-13-14-25)26-10-8-16-36-32(26)34)28-15-12-23(17-21(28)2)20-46(41,42)37-30(39)18-24-9-6-7-11-29(24)43-4/h6-12,15-17,22,25H,5,13-14,18-20H2,1-4H3,(H,37,39). The minimum absolute atomic E-state index is 0.0638. The summed E-state index contributed by atoms with van der Waals surface area (Å²) in [6.45, 7) is 6.12. The predicted molar refractivity (Wildman–Crippen MR) is 175 cm³/mol. The average molecular weight is 644 g/mol. The van der Waals surface area contributed by atoms with E-state index < -0.39 is 21.7 Å². The summed E-state index contributed by atoms with van der Waals surface area (Å²) in [5.41, 5.74) is 4.30. The van der Waals surface area contributed by atoms with Gasteiger partial charge < -0.3 is 19.1 Å². The smallest absolute Gasteiger partial charge is 0.262 e. The number of pyridine rings is 1. The van der Waals surface area contributed by atoms with Crippen LogP contribution >= 0.6 is 0 Å². The van der Waals surface area contributed by atoms with Crippen molar-refractivity contribution < 1.29 is 32.2 Å². The summed E-state index contributed by atoms with van der Waals surface area (Å²) in [6.07, 6.45) is 4.20. The van der Waals surface area contributed by atoms with Crippen LogP contribution in [0.25, 0.3) is 10.9 Å². The van der Waals surface area contributed by atoms with Gasteiger partial charge in [0, 0.05) is 28.4 Å². The number of nitrogens with one attached hydrogen (secondary N) is 1. The Morgan fingerprint density at radius 2 is 1.89 bits per heavy atom. The Balaban J connectivity index is 1.26. The SMILES string of the molecule is CCC(C)Oc1c2c(c(OC3CC3)c3cccnc13)C(=O)N(c1ccc(CS(=O)(=O)NC(=O)Cc3ccccc3OC)cc1C)C2. The molecule has 1 aliphatic carbocycles. The molecule has 46 heavy (non-hydrogen) atoms. The maximum atomic E-state index is 14.2. The lowest BCUT2D eigenvalue weighted by molar-refractivity contribution is -0.118. The Labute approximate surface area is 268 Å². The number of carbonyl (C=O) groups is 2. The molecule has 2 amide bonds. The molecule has 1 unspecified atom stereocenters. The summed E-state index contributed by atoms with van der Waals surface area (Å²) in [6, 6.07) is 15.8. The van der Waals surface area contributed by atoms with Crippen LogP contribution < -0.4 is 23.8 Å². The Morgan fingerprint density at radius 3 is 2.61 bits per heavy atom. The van der Waals surface area contributed by atoms with Crippen LogP contribution in [-0.2, 0) is 33.5 Å². The van der Waals surface area contributed by atoms with Gasteiger partial charge in [0.15, 0.2) is 5.75 Å². The number of rotatable bonds is 12. The van der Waals surface area contributed by atoms with Crippen molar-refractivity contribution >= 4 is 38.4 Å². The van der Waals surface area contributed by atoms with Gasteiger partial charge in [0.2, 0.25) is 15.9 Å². The van der Waals surface area contributed by atoms with E-state index in [0.717, 1.165) is 30.2 Å². The van der Waals surface area contributed by atoms with Crippen LogP contribution in [0.3, 0.4) is 0 Å². The number of anilines is 1. The van der Waals surface area contributed by atoms with E-state index in [1.54, 1.807) is 53.6 Å². The van der Waals surface area contributed by atoms with Crippen LogP contribution in [-0.4, -0.2) is 44.5 Å². The molecule has 11 heteroatoms. The largest absolute Gasteiger partial charge is 0.496 e. The Hall–Kier alpha value is -4.64. The monoisotopic (exact) mass is 643 g/mol. The summed E-state index contributed by atoms with van der Waals surface area (Å²) in [5.74, 6) is 0.367. The van der Waals surface area contributed by atoms with Gasteiger partial charge in [0.1, 0.15) is 17.0 Å². The molecule has 1 aromatic heterocycles. The van der Waals surface area contributed by atoms with Gasteiger partial charge >= 0.3 is 0 Å². The first-order chi connectivity index (χ1) is 22.1. The maximum Gasteiger partial charge on any atom is 0.262 e. The second-order valence-electron chi connectivity index (χ2n) is 11.9. The molecule has 2 aliphatic rings. The van der Waals surface area contributed by atoms with E-state index in [9.17, 15) is 18.0 Å². The number of methoxy groups -OCH3 is 1. The number of sulfonamides is 1. The third kappa shape index (κ3) is 6.37. The highest BCUT2D eigenvalue weighted by Crippen LogP contribution is 2.47. The Kier molecular flexibility index (Phi) is 8.61. The number of amides is 2. The number of fused-ring (bicyclic) bond motifs is 2. The lowest BCUT2D eigenvalue weighted by Gasteiger charge is -2.20. The van der Waals surface area contributed by atoms with Gasteiger partial charge in [-0.1, -0.05) is 37.3 Å². The van der Waals surface area contributed by atoms with E-state index in [1.165, 1.54) is 7.11 Å². The number of carbonyl (C=O) groups excluding carboxylic acids is 2. The molecular weight excluding hydrogens is 606 g/mol. The molecule has 3 aromatic carbocycles. The number of hydrogen-bond acceptors (Lipinski definition) is 8. The lowest BCUT2D eigenvalue weighted by atomic mass is 10.0. The molecule has 4 aromatic rings. The van der Waals surface area contributed by atoms with Crippen molar-refractivity contribution in [3.63, 3.8) is 0 Å². The molecule has 0 saturated heterocycles. The topological polar surface area (TPSA) is 124 Å². The van der Waals surface area contributed by atoms with Gasteiger partial charge in [0.05, 0.1) is 43.6 Å². The van der Waals surface area contributed by atoms with E-state index in [1.807, 2.05) is 32.9 Å². The molecule has 0 radical (unpaired) electrons. The fraction of sp³-hybridized carbons (Fsp3) is 0.343. The van der Waals surface area contributed by atoms with Gasteiger partial charge in [-0.05, 0) is 68.5 Å².